The highest BCUT2D eigenvalue weighted by Gasteiger charge is 2.34. The number of nitro groups is 1. The summed E-state index contributed by atoms with van der Waals surface area (Å²) in [4.78, 5) is 28.6. The summed E-state index contributed by atoms with van der Waals surface area (Å²) in [6, 6.07) is 7.17. The van der Waals surface area contributed by atoms with Gasteiger partial charge in [0.25, 0.3) is 0 Å². The van der Waals surface area contributed by atoms with E-state index >= 15 is 0 Å². The molecule has 0 radical (unpaired) electrons. The zero-order valence-electron chi connectivity index (χ0n) is 12.3. The summed E-state index contributed by atoms with van der Waals surface area (Å²) in [7, 11) is 0. The highest BCUT2D eigenvalue weighted by molar-refractivity contribution is 6.42. The first-order chi connectivity index (χ1) is 11.5. The number of amides is 1. The molecule has 0 spiro atoms. The van der Waals surface area contributed by atoms with Gasteiger partial charge in [0, 0.05) is 24.5 Å². The molecule has 2 aromatic rings. The summed E-state index contributed by atoms with van der Waals surface area (Å²) >= 11 is 11.9. The number of pyridine rings is 1. The van der Waals surface area contributed by atoms with E-state index in [2.05, 4.69) is 10.3 Å². The normalized spacial score (nSPS) is 17.2. The van der Waals surface area contributed by atoms with Crippen molar-refractivity contribution in [1.29, 1.82) is 0 Å². The number of carbonyl (C=O) groups is 1. The predicted octanol–water partition coefficient (Wildman–Crippen LogP) is 3.51. The van der Waals surface area contributed by atoms with Gasteiger partial charge in [-0.3, -0.25) is 14.9 Å². The lowest BCUT2D eigenvalue weighted by molar-refractivity contribution is -0.384. The van der Waals surface area contributed by atoms with Crippen LogP contribution in [-0.4, -0.2) is 28.4 Å². The molecule has 1 unspecified atom stereocenters. The fraction of sp³-hybridized carbons (Fsp3) is 0.200. The molecule has 3 rings (SSSR count). The number of aromatic nitrogens is 1. The maximum Gasteiger partial charge on any atom is 0.311 e. The predicted molar refractivity (Wildman–Crippen MR) is 91.7 cm³/mol. The third-order valence-corrected chi connectivity index (χ3v) is 4.45. The van der Waals surface area contributed by atoms with Crippen LogP contribution in [0.3, 0.4) is 0 Å². The van der Waals surface area contributed by atoms with Gasteiger partial charge in [-0.15, -0.1) is 0 Å². The number of carbonyl (C=O) groups excluding carboxylic acids is 1. The Morgan fingerprint density at radius 3 is 2.79 bits per heavy atom. The molecule has 1 N–H and O–H groups in total. The molecule has 1 saturated heterocycles. The van der Waals surface area contributed by atoms with E-state index in [4.69, 9.17) is 23.2 Å². The molecule has 1 aromatic heterocycles. The summed E-state index contributed by atoms with van der Waals surface area (Å²) < 4.78 is 0. The Morgan fingerprint density at radius 1 is 1.29 bits per heavy atom. The van der Waals surface area contributed by atoms with Gasteiger partial charge in [-0.05, 0) is 30.7 Å². The molecular weight excluding hydrogens is 355 g/mol. The van der Waals surface area contributed by atoms with Crippen molar-refractivity contribution in [3.05, 3.63) is 56.7 Å². The topological polar surface area (TPSA) is 88.4 Å². The van der Waals surface area contributed by atoms with Gasteiger partial charge in [-0.25, -0.2) is 4.98 Å². The second kappa shape index (κ2) is 6.62. The molecule has 1 aliphatic rings. The van der Waals surface area contributed by atoms with Crippen molar-refractivity contribution in [3.63, 3.8) is 0 Å². The van der Waals surface area contributed by atoms with Gasteiger partial charge in [0.05, 0.1) is 15.0 Å². The molecule has 0 saturated carbocycles. The van der Waals surface area contributed by atoms with Crippen LogP contribution >= 0.6 is 23.2 Å². The van der Waals surface area contributed by atoms with Gasteiger partial charge < -0.3 is 10.2 Å². The monoisotopic (exact) mass is 366 g/mol. The second-order valence-electron chi connectivity index (χ2n) is 5.20. The molecule has 1 aliphatic heterocycles. The Kier molecular flexibility index (Phi) is 4.55. The Morgan fingerprint density at radius 2 is 2.08 bits per heavy atom. The average Bonchev–Trinajstić information content (AvgIpc) is 2.91. The lowest BCUT2D eigenvalue weighted by Gasteiger charge is -2.18. The fourth-order valence-electron chi connectivity index (χ4n) is 2.54. The van der Waals surface area contributed by atoms with E-state index in [0.29, 0.717) is 28.7 Å². The number of nitrogens with zero attached hydrogens (tertiary/aromatic N) is 3. The molecule has 0 bridgehead atoms. The number of benzene rings is 1. The number of rotatable bonds is 4. The Bertz CT molecular complexity index is 815. The summed E-state index contributed by atoms with van der Waals surface area (Å²) in [5.41, 5.74) is 0.465. The molecular formula is C15H12Cl2N4O3. The molecule has 1 atom stereocenters. The average molecular weight is 367 g/mol. The third kappa shape index (κ3) is 3.13. The second-order valence-corrected chi connectivity index (χ2v) is 6.02. The van der Waals surface area contributed by atoms with Gasteiger partial charge in [-0.2, -0.15) is 0 Å². The Hall–Kier alpha value is -2.38. The standard InChI is InChI=1S/C15H12Cl2N4O3/c16-10-4-3-9(8-11(10)17)20-7-5-12(15(20)22)19-14-13(21(23)24)2-1-6-18-14/h1-4,6,8,12H,5,7H2,(H,18,19). The third-order valence-electron chi connectivity index (χ3n) is 3.71. The molecule has 1 fully saturated rings. The first-order valence-electron chi connectivity index (χ1n) is 7.10. The van der Waals surface area contributed by atoms with Gasteiger partial charge in [0.1, 0.15) is 6.04 Å². The van der Waals surface area contributed by atoms with Crippen LogP contribution in [0.4, 0.5) is 17.2 Å². The van der Waals surface area contributed by atoms with E-state index in [0.717, 1.165) is 0 Å². The lowest BCUT2D eigenvalue weighted by atomic mass is 10.2. The largest absolute Gasteiger partial charge is 0.353 e. The number of hydrogen-bond donors (Lipinski definition) is 1. The first kappa shape index (κ1) is 16.5. The molecule has 1 aromatic carbocycles. The number of hydrogen-bond acceptors (Lipinski definition) is 5. The molecule has 24 heavy (non-hydrogen) atoms. The lowest BCUT2D eigenvalue weighted by Crippen LogP contribution is -2.33. The zero-order valence-corrected chi connectivity index (χ0v) is 13.8. The van der Waals surface area contributed by atoms with Crippen LogP contribution in [0.15, 0.2) is 36.5 Å². The Balaban J connectivity index is 1.80. The zero-order chi connectivity index (χ0) is 17.3. The molecule has 9 heteroatoms. The van der Waals surface area contributed by atoms with Crippen molar-refractivity contribution >= 4 is 46.3 Å². The van der Waals surface area contributed by atoms with Gasteiger partial charge in [0.15, 0.2) is 0 Å². The summed E-state index contributed by atoms with van der Waals surface area (Å²) in [5.74, 6) is -0.120. The first-order valence-corrected chi connectivity index (χ1v) is 7.85. The highest BCUT2D eigenvalue weighted by Crippen LogP contribution is 2.31. The molecule has 1 amide bonds. The molecule has 2 heterocycles. The quantitative estimate of drug-likeness (QED) is 0.660. The summed E-state index contributed by atoms with van der Waals surface area (Å²) in [6.07, 6.45) is 1.93. The summed E-state index contributed by atoms with van der Waals surface area (Å²) in [6.45, 7) is 0.467. The fourth-order valence-corrected chi connectivity index (χ4v) is 2.84. The van der Waals surface area contributed by atoms with Crippen LogP contribution in [0.2, 0.25) is 10.0 Å². The van der Waals surface area contributed by atoms with Crippen molar-refractivity contribution in [1.82, 2.24) is 4.98 Å². The minimum atomic E-state index is -0.590. The number of anilines is 2. The van der Waals surface area contributed by atoms with E-state index in [1.54, 1.807) is 23.1 Å². The van der Waals surface area contributed by atoms with Crippen molar-refractivity contribution in [2.75, 3.05) is 16.8 Å². The van der Waals surface area contributed by atoms with Crippen molar-refractivity contribution < 1.29 is 9.72 Å². The molecule has 7 nitrogen and oxygen atoms in total. The van der Waals surface area contributed by atoms with Crippen LogP contribution in [-0.2, 0) is 4.79 Å². The van der Waals surface area contributed by atoms with E-state index in [-0.39, 0.29) is 17.4 Å². The molecule has 0 aliphatic carbocycles. The smallest absolute Gasteiger partial charge is 0.311 e. The van der Waals surface area contributed by atoms with Crippen LogP contribution in [0.1, 0.15) is 6.42 Å². The van der Waals surface area contributed by atoms with Gasteiger partial charge in [0.2, 0.25) is 11.7 Å². The van der Waals surface area contributed by atoms with Gasteiger partial charge >= 0.3 is 5.69 Å². The minimum Gasteiger partial charge on any atom is -0.353 e. The van der Waals surface area contributed by atoms with E-state index in [9.17, 15) is 14.9 Å². The minimum absolute atomic E-state index is 0.0804. The number of nitrogens with one attached hydrogen (secondary N) is 1. The van der Waals surface area contributed by atoms with Crippen LogP contribution in [0, 0.1) is 10.1 Å². The Labute approximate surface area is 147 Å². The van der Waals surface area contributed by atoms with Crippen LogP contribution < -0.4 is 10.2 Å². The van der Waals surface area contributed by atoms with E-state index in [1.807, 2.05) is 0 Å². The highest BCUT2D eigenvalue weighted by atomic mass is 35.5. The number of halogens is 2. The van der Waals surface area contributed by atoms with Crippen molar-refractivity contribution in [2.45, 2.75) is 12.5 Å². The van der Waals surface area contributed by atoms with E-state index < -0.39 is 11.0 Å². The van der Waals surface area contributed by atoms with Crippen LogP contribution in [0.25, 0.3) is 0 Å². The van der Waals surface area contributed by atoms with Crippen molar-refractivity contribution in [2.24, 2.45) is 0 Å². The van der Waals surface area contributed by atoms with Gasteiger partial charge in [-0.1, -0.05) is 23.2 Å². The van der Waals surface area contributed by atoms with Crippen molar-refractivity contribution in [3.8, 4) is 0 Å². The summed E-state index contributed by atoms with van der Waals surface area (Å²) in [5, 5.41) is 14.7. The maximum absolute atomic E-state index is 12.6. The maximum atomic E-state index is 12.6. The SMILES string of the molecule is O=C1C(Nc2ncccc2[N+](=O)[O-])CCN1c1ccc(Cl)c(Cl)c1. The molecule has 124 valence electrons. The van der Waals surface area contributed by atoms with E-state index in [1.165, 1.54) is 18.3 Å². The van der Waals surface area contributed by atoms with Crippen LogP contribution in [0.5, 0.6) is 0 Å².